The maximum Gasteiger partial charge on any atom is 0.145 e. The molecule has 29 heavy (non-hydrogen) atoms. The third kappa shape index (κ3) is 7.10. The quantitative estimate of drug-likeness (QED) is 0.305. The first-order valence-corrected chi connectivity index (χ1v) is 12.0. The van der Waals surface area contributed by atoms with Gasteiger partial charge in [0.25, 0.3) is 0 Å². The van der Waals surface area contributed by atoms with Gasteiger partial charge in [-0.25, -0.2) is 0 Å². The summed E-state index contributed by atoms with van der Waals surface area (Å²) in [5, 5.41) is 2.77. The summed E-state index contributed by atoms with van der Waals surface area (Å²) in [6.07, 6.45) is 9.66. The van der Waals surface area contributed by atoms with Gasteiger partial charge in [-0.1, -0.05) is 102 Å². The minimum atomic E-state index is 0.574. The van der Waals surface area contributed by atoms with Crippen molar-refractivity contribution >= 4 is 22.4 Å². The van der Waals surface area contributed by atoms with Crippen molar-refractivity contribution in [2.45, 2.75) is 79.1 Å². The number of benzene rings is 2. The standard InChI is InChI=1S/C26H39ClO2/c1-5-9-13-20(7-3)18-28-25-17-24(27)26(23-16-12-11-15-22(23)25)29-19-21(8-4)14-10-6-2/h11-12,15-17,20-21H,5-10,13-14,18-19H2,1-4H3. The number of rotatable bonds is 14. The maximum absolute atomic E-state index is 6.67. The van der Waals surface area contributed by atoms with Gasteiger partial charge in [0.05, 0.1) is 18.2 Å². The van der Waals surface area contributed by atoms with Crippen LogP contribution in [-0.2, 0) is 0 Å². The lowest BCUT2D eigenvalue weighted by atomic mass is 10.0. The van der Waals surface area contributed by atoms with Gasteiger partial charge in [-0.15, -0.1) is 0 Å². The normalized spacial score (nSPS) is 13.4. The molecule has 0 saturated carbocycles. The van der Waals surface area contributed by atoms with E-state index in [9.17, 15) is 0 Å². The lowest BCUT2D eigenvalue weighted by molar-refractivity contribution is 0.231. The van der Waals surface area contributed by atoms with E-state index in [1.807, 2.05) is 12.1 Å². The second kappa shape index (κ2) is 13.0. The average Bonchev–Trinajstić information content (AvgIpc) is 2.75. The second-order valence-electron chi connectivity index (χ2n) is 8.19. The number of unbranched alkanes of at least 4 members (excludes halogenated alkanes) is 2. The molecule has 2 unspecified atom stereocenters. The second-order valence-corrected chi connectivity index (χ2v) is 8.59. The molecule has 2 aromatic rings. The zero-order valence-corrected chi connectivity index (χ0v) is 19.6. The molecule has 2 aromatic carbocycles. The summed E-state index contributed by atoms with van der Waals surface area (Å²) in [5.74, 6) is 2.82. The van der Waals surface area contributed by atoms with E-state index >= 15 is 0 Å². The number of fused-ring (bicyclic) bond motifs is 1. The molecule has 0 spiro atoms. The predicted molar refractivity (Wildman–Crippen MR) is 127 cm³/mol. The van der Waals surface area contributed by atoms with Gasteiger partial charge >= 0.3 is 0 Å². The molecule has 0 aliphatic carbocycles. The van der Waals surface area contributed by atoms with Crippen molar-refractivity contribution < 1.29 is 9.47 Å². The van der Waals surface area contributed by atoms with E-state index in [0.717, 1.165) is 48.3 Å². The Morgan fingerprint density at radius 1 is 0.793 bits per heavy atom. The Labute approximate surface area is 182 Å². The molecule has 0 aliphatic heterocycles. The molecule has 0 radical (unpaired) electrons. The van der Waals surface area contributed by atoms with Crippen molar-refractivity contribution in [2.24, 2.45) is 11.8 Å². The highest BCUT2D eigenvalue weighted by molar-refractivity contribution is 6.33. The smallest absolute Gasteiger partial charge is 0.145 e. The summed E-state index contributed by atoms with van der Waals surface area (Å²) in [6, 6.07) is 10.2. The molecule has 2 nitrogen and oxygen atoms in total. The minimum Gasteiger partial charge on any atom is -0.493 e. The molecule has 162 valence electrons. The van der Waals surface area contributed by atoms with E-state index in [4.69, 9.17) is 21.1 Å². The Bertz CT molecular complexity index is 728. The summed E-state index contributed by atoms with van der Waals surface area (Å²) in [7, 11) is 0. The van der Waals surface area contributed by atoms with Crippen molar-refractivity contribution in [3.63, 3.8) is 0 Å². The highest BCUT2D eigenvalue weighted by Crippen LogP contribution is 2.40. The zero-order valence-electron chi connectivity index (χ0n) is 18.8. The van der Waals surface area contributed by atoms with Crippen LogP contribution in [0.4, 0.5) is 0 Å². The molecule has 0 saturated heterocycles. The van der Waals surface area contributed by atoms with Crippen LogP contribution in [-0.4, -0.2) is 13.2 Å². The molecule has 3 heteroatoms. The molecule has 0 aromatic heterocycles. The molecule has 2 atom stereocenters. The van der Waals surface area contributed by atoms with Crippen molar-refractivity contribution in [3.05, 3.63) is 35.4 Å². The lowest BCUT2D eigenvalue weighted by Gasteiger charge is -2.20. The van der Waals surface area contributed by atoms with Crippen LogP contribution in [0.2, 0.25) is 5.02 Å². The van der Waals surface area contributed by atoms with Crippen molar-refractivity contribution in [1.82, 2.24) is 0 Å². The van der Waals surface area contributed by atoms with Crippen LogP contribution >= 0.6 is 11.6 Å². The summed E-state index contributed by atoms with van der Waals surface area (Å²) >= 11 is 6.67. The molecular weight excluding hydrogens is 380 g/mol. The summed E-state index contributed by atoms with van der Waals surface area (Å²) in [5.41, 5.74) is 0. The SMILES string of the molecule is CCCCC(CC)COc1cc(Cl)c(OCC(CC)CCCC)c2ccccc12. The Kier molecular flexibility index (Phi) is 10.7. The van der Waals surface area contributed by atoms with Crippen molar-refractivity contribution in [1.29, 1.82) is 0 Å². The van der Waals surface area contributed by atoms with Gasteiger partial charge < -0.3 is 9.47 Å². The zero-order chi connectivity index (χ0) is 21.1. The van der Waals surface area contributed by atoms with E-state index in [0.29, 0.717) is 16.9 Å². The fraction of sp³-hybridized carbons (Fsp3) is 0.615. The molecular formula is C26H39ClO2. The van der Waals surface area contributed by atoms with Crippen LogP contribution in [0.5, 0.6) is 11.5 Å². The fourth-order valence-electron chi connectivity index (χ4n) is 3.75. The Morgan fingerprint density at radius 2 is 1.34 bits per heavy atom. The van der Waals surface area contributed by atoms with E-state index in [1.54, 1.807) is 0 Å². The fourth-order valence-corrected chi connectivity index (χ4v) is 4.01. The molecule has 0 amide bonds. The highest BCUT2D eigenvalue weighted by atomic mass is 35.5. The molecule has 0 fully saturated rings. The number of hydrogen-bond acceptors (Lipinski definition) is 2. The van der Waals surface area contributed by atoms with Crippen molar-refractivity contribution in [2.75, 3.05) is 13.2 Å². The van der Waals surface area contributed by atoms with Crippen LogP contribution < -0.4 is 9.47 Å². The van der Waals surface area contributed by atoms with Gasteiger partial charge in [0, 0.05) is 16.8 Å². The highest BCUT2D eigenvalue weighted by Gasteiger charge is 2.16. The first-order chi connectivity index (χ1) is 14.1. The number of hydrogen-bond donors (Lipinski definition) is 0. The number of halogens is 1. The molecule has 0 heterocycles. The predicted octanol–water partition coefficient (Wildman–Crippen LogP) is 8.68. The summed E-state index contributed by atoms with van der Waals surface area (Å²) in [4.78, 5) is 0. The Hall–Kier alpha value is -1.41. The first kappa shape index (κ1) is 23.9. The molecule has 0 N–H and O–H groups in total. The van der Waals surface area contributed by atoms with Crippen molar-refractivity contribution in [3.8, 4) is 11.5 Å². The first-order valence-electron chi connectivity index (χ1n) is 11.6. The Morgan fingerprint density at radius 3 is 1.90 bits per heavy atom. The van der Waals surface area contributed by atoms with E-state index in [-0.39, 0.29) is 0 Å². The van der Waals surface area contributed by atoms with E-state index < -0.39 is 0 Å². The topological polar surface area (TPSA) is 18.5 Å². The Balaban J connectivity index is 2.18. The third-order valence-electron chi connectivity index (χ3n) is 5.94. The molecule has 0 bridgehead atoms. The van der Waals surface area contributed by atoms with Gasteiger partial charge in [-0.2, -0.15) is 0 Å². The monoisotopic (exact) mass is 418 g/mol. The van der Waals surface area contributed by atoms with Crippen LogP contribution in [0.3, 0.4) is 0 Å². The van der Waals surface area contributed by atoms with E-state index in [1.165, 1.54) is 38.5 Å². The molecule has 2 rings (SSSR count). The van der Waals surface area contributed by atoms with Gasteiger partial charge in [-0.05, 0) is 24.7 Å². The van der Waals surface area contributed by atoms with Crippen LogP contribution in [0.1, 0.15) is 79.1 Å². The van der Waals surface area contributed by atoms with Gasteiger partial charge in [0.15, 0.2) is 0 Å². The largest absolute Gasteiger partial charge is 0.493 e. The van der Waals surface area contributed by atoms with Crippen LogP contribution in [0.15, 0.2) is 30.3 Å². The maximum atomic E-state index is 6.67. The minimum absolute atomic E-state index is 0.574. The van der Waals surface area contributed by atoms with Gasteiger partial charge in [-0.3, -0.25) is 0 Å². The lowest BCUT2D eigenvalue weighted by Crippen LogP contribution is -2.13. The molecule has 0 aliphatic rings. The summed E-state index contributed by atoms with van der Waals surface area (Å²) < 4.78 is 12.5. The van der Waals surface area contributed by atoms with Crippen LogP contribution in [0.25, 0.3) is 10.8 Å². The average molecular weight is 419 g/mol. The number of ether oxygens (including phenoxy) is 2. The summed E-state index contributed by atoms with van der Waals surface area (Å²) in [6.45, 7) is 10.4. The van der Waals surface area contributed by atoms with Gasteiger partial charge in [0.2, 0.25) is 0 Å². The van der Waals surface area contributed by atoms with Gasteiger partial charge in [0.1, 0.15) is 11.5 Å². The third-order valence-corrected chi connectivity index (χ3v) is 6.22. The van der Waals surface area contributed by atoms with Crippen LogP contribution in [0, 0.1) is 11.8 Å². The van der Waals surface area contributed by atoms with E-state index in [2.05, 4.69) is 45.9 Å².